The first-order chi connectivity index (χ1) is 15.4. The third-order valence-electron chi connectivity index (χ3n) is 6.45. The minimum Gasteiger partial charge on any atom is -0.352 e. The average Bonchev–Trinajstić information content (AvgIpc) is 2.78. The molecule has 0 radical (unpaired) electrons. The molecule has 1 aliphatic rings. The fraction of sp³-hybridized carbons (Fsp3) is 0.481. The van der Waals surface area contributed by atoms with Crippen LogP contribution in [-0.4, -0.2) is 28.8 Å². The minimum absolute atomic E-state index is 0.0872. The Balaban J connectivity index is 1.83. The molecule has 0 aliphatic heterocycles. The van der Waals surface area contributed by atoms with Crippen molar-refractivity contribution >= 4 is 11.8 Å². The van der Waals surface area contributed by atoms with Gasteiger partial charge in [-0.25, -0.2) is 4.39 Å². The first-order valence-corrected chi connectivity index (χ1v) is 11.8. The van der Waals surface area contributed by atoms with Gasteiger partial charge < -0.3 is 10.2 Å². The number of carbonyl (C=O) groups is 2. The largest absolute Gasteiger partial charge is 0.352 e. The number of halogens is 1. The van der Waals surface area contributed by atoms with Gasteiger partial charge in [0.15, 0.2) is 0 Å². The van der Waals surface area contributed by atoms with Crippen LogP contribution in [-0.2, 0) is 22.6 Å². The number of aryl methyl sites for hydroxylation is 2. The van der Waals surface area contributed by atoms with Crippen LogP contribution in [0.25, 0.3) is 0 Å². The third kappa shape index (κ3) is 6.41. The van der Waals surface area contributed by atoms with E-state index in [-0.39, 0.29) is 36.6 Å². The van der Waals surface area contributed by atoms with Gasteiger partial charge in [0.05, 0.1) is 6.42 Å². The van der Waals surface area contributed by atoms with Gasteiger partial charge in [0, 0.05) is 12.6 Å². The van der Waals surface area contributed by atoms with E-state index in [1.165, 1.54) is 18.6 Å². The molecule has 32 heavy (non-hydrogen) atoms. The Morgan fingerprint density at radius 3 is 2.41 bits per heavy atom. The number of nitrogens with one attached hydrogen (secondary N) is 1. The van der Waals surface area contributed by atoms with E-state index < -0.39 is 6.04 Å². The predicted molar refractivity (Wildman–Crippen MR) is 126 cm³/mol. The summed E-state index contributed by atoms with van der Waals surface area (Å²) in [4.78, 5) is 28.4. The van der Waals surface area contributed by atoms with Crippen molar-refractivity contribution in [2.75, 3.05) is 0 Å². The van der Waals surface area contributed by atoms with Crippen molar-refractivity contribution in [3.8, 4) is 0 Å². The van der Waals surface area contributed by atoms with Crippen LogP contribution in [0.15, 0.2) is 42.5 Å². The van der Waals surface area contributed by atoms with Crippen molar-refractivity contribution in [2.24, 2.45) is 0 Å². The molecule has 5 heteroatoms. The Kier molecular flexibility index (Phi) is 8.43. The Morgan fingerprint density at radius 1 is 1.06 bits per heavy atom. The third-order valence-corrected chi connectivity index (χ3v) is 6.45. The second kappa shape index (κ2) is 11.3. The van der Waals surface area contributed by atoms with E-state index in [4.69, 9.17) is 0 Å². The molecule has 2 aromatic rings. The average molecular weight is 439 g/mol. The lowest BCUT2D eigenvalue weighted by molar-refractivity contribution is -0.141. The summed E-state index contributed by atoms with van der Waals surface area (Å²) < 4.78 is 13.4. The molecule has 1 fully saturated rings. The van der Waals surface area contributed by atoms with E-state index >= 15 is 0 Å². The molecule has 1 aliphatic carbocycles. The highest BCUT2D eigenvalue weighted by Crippen LogP contribution is 2.20. The monoisotopic (exact) mass is 438 g/mol. The van der Waals surface area contributed by atoms with Crippen LogP contribution in [0.5, 0.6) is 0 Å². The first kappa shape index (κ1) is 24.0. The highest BCUT2D eigenvalue weighted by atomic mass is 19.1. The van der Waals surface area contributed by atoms with E-state index in [0.717, 1.165) is 47.9 Å². The molecule has 1 atom stereocenters. The molecule has 0 saturated heterocycles. The number of carbonyl (C=O) groups excluding carboxylic acids is 2. The highest BCUT2D eigenvalue weighted by Gasteiger charge is 2.30. The van der Waals surface area contributed by atoms with Crippen molar-refractivity contribution in [1.82, 2.24) is 10.2 Å². The Morgan fingerprint density at radius 2 is 1.75 bits per heavy atom. The normalized spacial score (nSPS) is 15.2. The van der Waals surface area contributed by atoms with Gasteiger partial charge in [0.2, 0.25) is 11.8 Å². The van der Waals surface area contributed by atoms with E-state index in [2.05, 4.69) is 5.32 Å². The van der Waals surface area contributed by atoms with E-state index in [0.29, 0.717) is 6.42 Å². The molecule has 0 heterocycles. The number of nitrogens with zero attached hydrogens (tertiary/aromatic N) is 1. The quantitative estimate of drug-likeness (QED) is 0.613. The molecular weight excluding hydrogens is 403 g/mol. The van der Waals surface area contributed by atoms with Gasteiger partial charge >= 0.3 is 0 Å². The van der Waals surface area contributed by atoms with Crippen molar-refractivity contribution in [1.29, 1.82) is 0 Å². The molecular formula is C27H35FN2O2. The summed E-state index contributed by atoms with van der Waals surface area (Å²) in [6.07, 6.45) is 6.24. The summed E-state index contributed by atoms with van der Waals surface area (Å²) >= 11 is 0. The Labute approximate surface area is 191 Å². The van der Waals surface area contributed by atoms with Gasteiger partial charge in [-0.05, 0) is 61.9 Å². The zero-order valence-electron chi connectivity index (χ0n) is 19.5. The fourth-order valence-corrected chi connectivity index (χ4v) is 4.51. The van der Waals surface area contributed by atoms with Crippen LogP contribution < -0.4 is 5.32 Å². The molecule has 0 spiro atoms. The maximum absolute atomic E-state index is 13.5. The van der Waals surface area contributed by atoms with Crippen LogP contribution in [0.2, 0.25) is 0 Å². The van der Waals surface area contributed by atoms with E-state index in [1.807, 2.05) is 39.0 Å². The number of hydrogen-bond donors (Lipinski definition) is 1. The van der Waals surface area contributed by atoms with Gasteiger partial charge in [-0.2, -0.15) is 0 Å². The van der Waals surface area contributed by atoms with E-state index in [1.54, 1.807) is 17.0 Å². The number of benzene rings is 2. The SMILES string of the molecule is CC[C@@H](C(=O)NC1CCCCC1)N(Cc1ccc(F)cc1)C(=O)Cc1cc(C)ccc1C. The molecule has 4 nitrogen and oxygen atoms in total. The first-order valence-electron chi connectivity index (χ1n) is 11.8. The standard InChI is InChI=1S/C27H35FN2O2/c1-4-25(27(32)29-24-8-6-5-7-9-24)30(18-21-12-14-23(28)15-13-21)26(31)17-22-16-19(2)10-11-20(22)3/h10-16,24-25H,4-9,17-18H2,1-3H3,(H,29,32)/t25-/m0/s1. The minimum atomic E-state index is -0.556. The number of rotatable bonds is 8. The molecule has 172 valence electrons. The lowest BCUT2D eigenvalue weighted by atomic mass is 9.95. The summed E-state index contributed by atoms with van der Waals surface area (Å²) in [6.45, 7) is 6.23. The summed E-state index contributed by atoms with van der Waals surface area (Å²) in [5.41, 5.74) is 3.95. The predicted octanol–water partition coefficient (Wildman–Crippen LogP) is 5.24. The Hall–Kier alpha value is -2.69. The Bertz CT molecular complexity index is 920. The van der Waals surface area contributed by atoms with Crippen molar-refractivity contribution in [3.63, 3.8) is 0 Å². The maximum Gasteiger partial charge on any atom is 0.243 e. The van der Waals surface area contributed by atoms with Crippen LogP contribution in [0, 0.1) is 19.7 Å². The van der Waals surface area contributed by atoms with Gasteiger partial charge in [-0.1, -0.05) is 62.1 Å². The molecule has 2 amide bonds. The van der Waals surface area contributed by atoms with Crippen molar-refractivity contribution in [3.05, 3.63) is 70.5 Å². The molecule has 3 rings (SSSR count). The van der Waals surface area contributed by atoms with Gasteiger partial charge in [-0.3, -0.25) is 9.59 Å². The molecule has 1 N–H and O–H groups in total. The fourth-order valence-electron chi connectivity index (χ4n) is 4.51. The molecule has 0 unspecified atom stereocenters. The topological polar surface area (TPSA) is 49.4 Å². The number of amides is 2. The van der Waals surface area contributed by atoms with Crippen LogP contribution in [0.3, 0.4) is 0 Å². The summed E-state index contributed by atoms with van der Waals surface area (Å²) in [7, 11) is 0. The molecule has 0 aromatic heterocycles. The van der Waals surface area contributed by atoms with Crippen molar-refractivity contribution in [2.45, 2.75) is 84.3 Å². The van der Waals surface area contributed by atoms with Crippen molar-refractivity contribution < 1.29 is 14.0 Å². The second-order valence-electron chi connectivity index (χ2n) is 9.02. The lowest BCUT2D eigenvalue weighted by Crippen LogP contribution is -2.52. The highest BCUT2D eigenvalue weighted by molar-refractivity contribution is 5.88. The number of hydrogen-bond acceptors (Lipinski definition) is 2. The summed E-state index contributed by atoms with van der Waals surface area (Å²) in [5, 5.41) is 3.19. The molecule has 2 aromatic carbocycles. The van der Waals surface area contributed by atoms with E-state index in [9.17, 15) is 14.0 Å². The smallest absolute Gasteiger partial charge is 0.243 e. The van der Waals surface area contributed by atoms with Crippen LogP contribution in [0.1, 0.15) is 67.7 Å². The van der Waals surface area contributed by atoms with Crippen LogP contribution >= 0.6 is 0 Å². The summed E-state index contributed by atoms with van der Waals surface area (Å²) in [6, 6.07) is 11.9. The van der Waals surface area contributed by atoms with Gasteiger partial charge in [0.1, 0.15) is 11.9 Å². The maximum atomic E-state index is 13.5. The summed E-state index contributed by atoms with van der Waals surface area (Å²) in [5.74, 6) is -0.492. The zero-order valence-corrected chi connectivity index (χ0v) is 19.5. The van der Waals surface area contributed by atoms with Gasteiger partial charge in [0.25, 0.3) is 0 Å². The van der Waals surface area contributed by atoms with Crippen LogP contribution in [0.4, 0.5) is 4.39 Å². The lowest BCUT2D eigenvalue weighted by Gasteiger charge is -2.33. The molecule has 0 bridgehead atoms. The van der Waals surface area contributed by atoms with Gasteiger partial charge in [-0.15, -0.1) is 0 Å². The zero-order chi connectivity index (χ0) is 23.1. The molecule has 1 saturated carbocycles. The second-order valence-corrected chi connectivity index (χ2v) is 9.02.